The largest absolute Gasteiger partial charge is 0.495 e. The second-order valence-corrected chi connectivity index (χ2v) is 5.62. The SMILES string of the molecule is COc1cc(C2CCCCCC2Cl)ccc1Cl. The molecule has 0 aliphatic heterocycles. The molecule has 1 fully saturated rings. The minimum atomic E-state index is 0.239. The van der Waals surface area contributed by atoms with E-state index < -0.39 is 0 Å². The molecule has 1 nitrogen and oxygen atoms in total. The fraction of sp³-hybridized carbons (Fsp3) is 0.571. The van der Waals surface area contributed by atoms with Crippen molar-refractivity contribution in [3.63, 3.8) is 0 Å². The lowest BCUT2D eigenvalue weighted by atomic mass is 9.91. The van der Waals surface area contributed by atoms with Gasteiger partial charge in [-0.2, -0.15) is 0 Å². The third-order valence-corrected chi connectivity index (χ3v) is 4.37. The lowest BCUT2D eigenvalue weighted by Crippen LogP contribution is -2.11. The van der Waals surface area contributed by atoms with E-state index in [-0.39, 0.29) is 5.38 Å². The third-order valence-electron chi connectivity index (χ3n) is 3.53. The smallest absolute Gasteiger partial charge is 0.137 e. The van der Waals surface area contributed by atoms with Crippen molar-refractivity contribution < 1.29 is 4.74 Å². The van der Waals surface area contributed by atoms with Gasteiger partial charge in [-0.25, -0.2) is 0 Å². The van der Waals surface area contributed by atoms with Crippen LogP contribution >= 0.6 is 23.2 Å². The zero-order valence-corrected chi connectivity index (χ0v) is 11.6. The minimum Gasteiger partial charge on any atom is -0.495 e. The number of ether oxygens (including phenoxy) is 1. The zero-order valence-electron chi connectivity index (χ0n) is 10.1. The molecular weight excluding hydrogens is 255 g/mol. The first-order valence-corrected chi connectivity index (χ1v) is 7.01. The van der Waals surface area contributed by atoms with Crippen LogP contribution in [-0.2, 0) is 0 Å². The second-order valence-electron chi connectivity index (χ2n) is 4.65. The fourth-order valence-electron chi connectivity index (χ4n) is 2.54. The predicted octanol–water partition coefficient (Wildman–Crippen LogP) is 5.00. The van der Waals surface area contributed by atoms with Gasteiger partial charge in [0, 0.05) is 11.3 Å². The highest BCUT2D eigenvalue weighted by atomic mass is 35.5. The van der Waals surface area contributed by atoms with Gasteiger partial charge in [0.2, 0.25) is 0 Å². The van der Waals surface area contributed by atoms with Gasteiger partial charge in [0.15, 0.2) is 0 Å². The zero-order chi connectivity index (χ0) is 12.3. The maximum atomic E-state index is 6.48. The van der Waals surface area contributed by atoms with Crippen LogP contribution in [0.3, 0.4) is 0 Å². The summed E-state index contributed by atoms with van der Waals surface area (Å²) in [6.07, 6.45) is 6.08. The molecule has 0 amide bonds. The van der Waals surface area contributed by atoms with Crippen molar-refractivity contribution >= 4 is 23.2 Å². The van der Waals surface area contributed by atoms with Crippen molar-refractivity contribution in [2.75, 3.05) is 7.11 Å². The Labute approximate surface area is 113 Å². The van der Waals surface area contributed by atoms with Gasteiger partial charge in [0.05, 0.1) is 12.1 Å². The van der Waals surface area contributed by atoms with Crippen LogP contribution in [0.5, 0.6) is 5.75 Å². The summed E-state index contributed by atoms with van der Waals surface area (Å²) in [6, 6.07) is 6.02. The average molecular weight is 273 g/mol. The van der Waals surface area contributed by atoms with Gasteiger partial charge < -0.3 is 4.74 Å². The van der Waals surface area contributed by atoms with Gasteiger partial charge in [-0.3, -0.25) is 0 Å². The monoisotopic (exact) mass is 272 g/mol. The number of halogens is 2. The maximum Gasteiger partial charge on any atom is 0.137 e. The number of rotatable bonds is 2. The molecule has 1 aliphatic carbocycles. The van der Waals surface area contributed by atoms with Crippen molar-refractivity contribution in [2.24, 2.45) is 0 Å². The molecule has 0 heterocycles. The standard InChI is InChI=1S/C14H18Cl2O/c1-17-14-9-10(7-8-13(14)16)11-5-3-2-4-6-12(11)15/h7-9,11-12H,2-6H2,1H3. The van der Waals surface area contributed by atoms with Crippen LogP contribution in [0.15, 0.2) is 18.2 Å². The number of alkyl halides is 1. The Morgan fingerprint density at radius 1 is 1.18 bits per heavy atom. The summed E-state index contributed by atoms with van der Waals surface area (Å²) in [5, 5.41) is 0.902. The molecule has 3 heteroatoms. The first-order valence-electron chi connectivity index (χ1n) is 6.20. The normalized spacial score (nSPS) is 25.4. The molecule has 0 N–H and O–H groups in total. The van der Waals surface area contributed by atoms with Gasteiger partial charge in [0.1, 0.15) is 5.75 Å². The first-order chi connectivity index (χ1) is 8.22. The van der Waals surface area contributed by atoms with E-state index in [1.165, 1.54) is 31.2 Å². The van der Waals surface area contributed by atoms with Crippen molar-refractivity contribution in [3.8, 4) is 5.75 Å². The quantitative estimate of drug-likeness (QED) is 0.544. The van der Waals surface area contributed by atoms with E-state index in [0.717, 1.165) is 12.2 Å². The highest BCUT2D eigenvalue weighted by Gasteiger charge is 2.23. The van der Waals surface area contributed by atoms with E-state index in [1.54, 1.807) is 7.11 Å². The number of methoxy groups -OCH3 is 1. The second kappa shape index (κ2) is 5.97. The highest BCUT2D eigenvalue weighted by Crippen LogP contribution is 2.38. The molecular formula is C14H18Cl2O. The highest BCUT2D eigenvalue weighted by molar-refractivity contribution is 6.32. The van der Waals surface area contributed by atoms with Crippen molar-refractivity contribution in [3.05, 3.63) is 28.8 Å². The average Bonchev–Trinajstić information content (AvgIpc) is 2.55. The van der Waals surface area contributed by atoms with E-state index in [9.17, 15) is 0 Å². The van der Waals surface area contributed by atoms with Crippen LogP contribution < -0.4 is 4.74 Å². The fourth-order valence-corrected chi connectivity index (χ4v) is 3.17. The number of benzene rings is 1. The number of hydrogen-bond acceptors (Lipinski definition) is 1. The molecule has 0 bridgehead atoms. The Kier molecular flexibility index (Phi) is 4.58. The summed E-state index contributed by atoms with van der Waals surface area (Å²) < 4.78 is 5.27. The molecule has 94 valence electrons. The molecule has 17 heavy (non-hydrogen) atoms. The van der Waals surface area contributed by atoms with Crippen molar-refractivity contribution in [1.82, 2.24) is 0 Å². The van der Waals surface area contributed by atoms with E-state index in [4.69, 9.17) is 27.9 Å². The van der Waals surface area contributed by atoms with E-state index in [2.05, 4.69) is 6.07 Å². The molecule has 2 rings (SSSR count). The first kappa shape index (κ1) is 13.0. The summed E-state index contributed by atoms with van der Waals surface area (Å²) in [5.41, 5.74) is 1.26. The molecule has 0 radical (unpaired) electrons. The molecule has 1 aromatic carbocycles. The Bertz CT molecular complexity index is 378. The van der Waals surface area contributed by atoms with Gasteiger partial charge in [-0.05, 0) is 30.5 Å². The molecule has 0 aromatic heterocycles. The van der Waals surface area contributed by atoms with E-state index in [1.807, 2.05) is 12.1 Å². The van der Waals surface area contributed by atoms with Gasteiger partial charge in [-0.15, -0.1) is 11.6 Å². The van der Waals surface area contributed by atoms with E-state index >= 15 is 0 Å². The Morgan fingerprint density at radius 2 is 1.94 bits per heavy atom. The molecule has 1 saturated carbocycles. The Balaban J connectivity index is 2.25. The molecule has 0 saturated heterocycles. The van der Waals surface area contributed by atoms with Crippen LogP contribution in [0.4, 0.5) is 0 Å². The van der Waals surface area contributed by atoms with Gasteiger partial charge >= 0.3 is 0 Å². The lowest BCUT2D eigenvalue weighted by molar-refractivity contribution is 0.413. The van der Waals surface area contributed by atoms with Crippen LogP contribution in [0.1, 0.15) is 43.6 Å². The molecule has 0 spiro atoms. The van der Waals surface area contributed by atoms with Crippen molar-refractivity contribution in [2.45, 2.75) is 43.4 Å². The molecule has 1 aliphatic rings. The van der Waals surface area contributed by atoms with Crippen LogP contribution in [0, 0.1) is 0 Å². The summed E-state index contributed by atoms with van der Waals surface area (Å²) in [4.78, 5) is 0. The summed E-state index contributed by atoms with van der Waals surface area (Å²) in [5.74, 6) is 1.18. The topological polar surface area (TPSA) is 9.23 Å². The van der Waals surface area contributed by atoms with Crippen LogP contribution in [0.25, 0.3) is 0 Å². The van der Waals surface area contributed by atoms with Crippen LogP contribution in [-0.4, -0.2) is 12.5 Å². The molecule has 2 atom stereocenters. The minimum absolute atomic E-state index is 0.239. The Morgan fingerprint density at radius 3 is 2.71 bits per heavy atom. The van der Waals surface area contributed by atoms with E-state index in [0.29, 0.717) is 10.9 Å². The van der Waals surface area contributed by atoms with Gasteiger partial charge in [0.25, 0.3) is 0 Å². The molecule has 2 unspecified atom stereocenters. The van der Waals surface area contributed by atoms with Crippen LogP contribution in [0.2, 0.25) is 5.02 Å². The number of hydrogen-bond donors (Lipinski definition) is 0. The maximum absolute atomic E-state index is 6.48. The predicted molar refractivity (Wildman–Crippen MR) is 73.5 cm³/mol. The molecule has 1 aromatic rings. The van der Waals surface area contributed by atoms with Gasteiger partial charge in [-0.1, -0.05) is 36.9 Å². The third kappa shape index (κ3) is 3.08. The Hall–Kier alpha value is -0.400. The summed E-state index contributed by atoms with van der Waals surface area (Å²) in [6.45, 7) is 0. The summed E-state index contributed by atoms with van der Waals surface area (Å²) >= 11 is 12.5. The summed E-state index contributed by atoms with van der Waals surface area (Å²) in [7, 11) is 1.65. The van der Waals surface area contributed by atoms with Crippen molar-refractivity contribution in [1.29, 1.82) is 0 Å². The lowest BCUT2D eigenvalue weighted by Gasteiger charge is -2.20.